The lowest BCUT2D eigenvalue weighted by atomic mass is 10.3. The van der Waals surface area contributed by atoms with Gasteiger partial charge in [0.05, 0.1) is 7.11 Å². The molecule has 126 valence electrons. The molecular weight excluding hydrogens is 378 g/mol. The molecule has 0 unspecified atom stereocenters. The Bertz CT molecular complexity index is 753. The number of furan rings is 1. The van der Waals surface area contributed by atoms with Gasteiger partial charge in [0, 0.05) is 17.8 Å². The summed E-state index contributed by atoms with van der Waals surface area (Å²) in [5.74, 6) is 0.0267. The normalized spacial score (nSPS) is 12.0. The number of esters is 1. The summed E-state index contributed by atoms with van der Waals surface area (Å²) in [7, 11) is 1.54. The second kappa shape index (κ2) is 8.35. The van der Waals surface area contributed by atoms with Crippen LogP contribution in [0.2, 0.25) is 0 Å². The molecule has 1 aromatic heterocycles. The van der Waals surface area contributed by atoms with E-state index in [4.69, 9.17) is 13.9 Å². The summed E-state index contributed by atoms with van der Waals surface area (Å²) in [4.78, 5) is 23.8. The number of methoxy groups -OCH3 is 1. The van der Waals surface area contributed by atoms with Crippen molar-refractivity contribution in [3.63, 3.8) is 0 Å². The monoisotopic (exact) mass is 393 g/mol. The van der Waals surface area contributed by atoms with Crippen molar-refractivity contribution in [2.75, 3.05) is 12.4 Å². The van der Waals surface area contributed by atoms with Gasteiger partial charge in [-0.25, -0.2) is 4.79 Å². The van der Waals surface area contributed by atoms with E-state index in [-0.39, 0.29) is 0 Å². The minimum atomic E-state index is -0.948. The second-order valence-corrected chi connectivity index (χ2v) is 5.56. The Morgan fingerprint density at radius 1 is 1.29 bits per heavy atom. The molecule has 0 bridgehead atoms. The van der Waals surface area contributed by atoms with Crippen LogP contribution in [0.4, 0.5) is 5.69 Å². The molecule has 0 aliphatic carbocycles. The number of carbonyl (C=O) groups excluding carboxylic acids is 2. The molecule has 0 aliphatic rings. The average molecular weight is 394 g/mol. The van der Waals surface area contributed by atoms with E-state index in [0.29, 0.717) is 21.9 Å². The maximum absolute atomic E-state index is 12.0. The number of amides is 1. The van der Waals surface area contributed by atoms with Gasteiger partial charge in [0.1, 0.15) is 11.5 Å². The number of carbonyl (C=O) groups is 2. The number of halogens is 1. The minimum Gasteiger partial charge on any atom is -0.497 e. The Hall–Kier alpha value is -2.54. The fourth-order valence-electron chi connectivity index (χ4n) is 1.78. The summed E-state index contributed by atoms with van der Waals surface area (Å²) >= 11 is 3.16. The molecule has 1 amide bonds. The summed E-state index contributed by atoms with van der Waals surface area (Å²) in [6, 6.07) is 10.3. The second-order valence-electron chi connectivity index (χ2n) is 4.78. The fraction of sp³-hybridized carbons (Fsp3) is 0.176. The molecule has 0 saturated heterocycles. The van der Waals surface area contributed by atoms with Gasteiger partial charge in [-0.1, -0.05) is 6.07 Å². The van der Waals surface area contributed by atoms with Crippen LogP contribution < -0.4 is 10.1 Å². The molecule has 0 saturated carbocycles. The van der Waals surface area contributed by atoms with E-state index in [1.165, 1.54) is 26.2 Å². The Labute approximate surface area is 147 Å². The molecule has 6 nitrogen and oxygen atoms in total. The number of benzene rings is 1. The first-order valence-electron chi connectivity index (χ1n) is 7.07. The van der Waals surface area contributed by atoms with E-state index in [1.54, 1.807) is 36.4 Å². The van der Waals surface area contributed by atoms with E-state index in [1.807, 2.05) is 0 Å². The standard InChI is InChI=1S/C17H16BrNO5/c1-11(17(21)19-12-4-3-5-14(10-12)22-2)23-16(20)9-7-13-6-8-15(18)24-13/h3-11H,1-2H3,(H,19,21)/b9-7+/t11-/m0/s1. The van der Waals surface area contributed by atoms with Crippen molar-refractivity contribution in [1.29, 1.82) is 0 Å². The molecule has 0 radical (unpaired) electrons. The maximum Gasteiger partial charge on any atom is 0.331 e. The number of anilines is 1. The van der Waals surface area contributed by atoms with Crippen molar-refractivity contribution >= 4 is 39.6 Å². The summed E-state index contributed by atoms with van der Waals surface area (Å²) < 4.78 is 15.9. The van der Waals surface area contributed by atoms with Crippen LogP contribution in [0.15, 0.2) is 51.6 Å². The van der Waals surface area contributed by atoms with E-state index in [0.717, 1.165) is 0 Å². The highest BCUT2D eigenvalue weighted by atomic mass is 79.9. The zero-order valence-corrected chi connectivity index (χ0v) is 14.7. The smallest absolute Gasteiger partial charge is 0.331 e. The van der Waals surface area contributed by atoms with Gasteiger partial charge in [0.15, 0.2) is 10.8 Å². The maximum atomic E-state index is 12.0. The summed E-state index contributed by atoms with van der Waals surface area (Å²) in [6.45, 7) is 1.49. The zero-order chi connectivity index (χ0) is 17.5. The molecule has 1 aromatic carbocycles. The van der Waals surface area contributed by atoms with E-state index < -0.39 is 18.0 Å². The third kappa shape index (κ3) is 5.27. The average Bonchev–Trinajstić information content (AvgIpc) is 2.98. The van der Waals surface area contributed by atoms with Crippen molar-refractivity contribution in [2.45, 2.75) is 13.0 Å². The highest BCUT2D eigenvalue weighted by molar-refractivity contribution is 9.10. The van der Waals surface area contributed by atoms with E-state index in [9.17, 15) is 9.59 Å². The van der Waals surface area contributed by atoms with Gasteiger partial charge in [-0.15, -0.1) is 0 Å². The first kappa shape index (κ1) is 17.8. The predicted octanol–water partition coefficient (Wildman–Crippen LogP) is 3.63. The molecule has 1 heterocycles. The highest BCUT2D eigenvalue weighted by Crippen LogP contribution is 2.17. The third-order valence-electron chi connectivity index (χ3n) is 2.98. The van der Waals surface area contributed by atoms with Crippen LogP contribution in [0.25, 0.3) is 6.08 Å². The first-order valence-corrected chi connectivity index (χ1v) is 7.86. The molecule has 2 aromatic rings. The lowest BCUT2D eigenvalue weighted by molar-refractivity contribution is -0.148. The van der Waals surface area contributed by atoms with Crippen LogP contribution in [0.3, 0.4) is 0 Å². The summed E-state index contributed by atoms with van der Waals surface area (Å²) in [6.07, 6.45) is 1.71. The van der Waals surface area contributed by atoms with Crippen LogP contribution in [-0.2, 0) is 14.3 Å². The number of nitrogens with one attached hydrogen (secondary N) is 1. The van der Waals surface area contributed by atoms with Crippen molar-refractivity contribution < 1.29 is 23.5 Å². The van der Waals surface area contributed by atoms with Crippen LogP contribution >= 0.6 is 15.9 Å². The molecular formula is C17H16BrNO5. The van der Waals surface area contributed by atoms with Gasteiger partial charge in [-0.2, -0.15) is 0 Å². The fourth-order valence-corrected chi connectivity index (χ4v) is 2.10. The zero-order valence-electron chi connectivity index (χ0n) is 13.1. The molecule has 0 aliphatic heterocycles. The van der Waals surface area contributed by atoms with E-state index >= 15 is 0 Å². The minimum absolute atomic E-state index is 0.439. The number of ether oxygens (including phenoxy) is 2. The van der Waals surface area contributed by atoms with Gasteiger partial charge in [0.2, 0.25) is 0 Å². The van der Waals surface area contributed by atoms with Crippen LogP contribution in [0, 0.1) is 0 Å². The van der Waals surface area contributed by atoms with Crippen molar-refractivity contribution in [3.8, 4) is 5.75 Å². The highest BCUT2D eigenvalue weighted by Gasteiger charge is 2.17. The van der Waals surface area contributed by atoms with Gasteiger partial charge in [-0.3, -0.25) is 4.79 Å². The Morgan fingerprint density at radius 2 is 2.08 bits per heavy atom. The third-order valence-corrected chi connectivity index (χ3v) is 3.40. The predicted molar refractivity (Wildman–Crippen MR) is 92.6 cm³/mol. The Balaban J connectivity index is 1.88. The van der Waals surface area contributed by atoms with Gasteiger partial charge in [-0.05, 0) is 53.2 Å². The lowest BCUT2D eigenvalue weighted by Gasteiger charge is -2.12. The molecule has 24 heavy (non-hydrogen) atoms. The lowest BCUT2D eigenvalue weighted by Crippen LogP contribution is -2.29. The summed E-state index contributed by atoms with van der Waals surface area (Å²) in [5, 5.41) is 2.65. The molecule has 1 N–H and O–H groups in total. The van der Waals surface area contributed by atoms with Gasteiger partial charge >= 0.3 is 5.97 Å². The molecule has 1 atom stereocenters. The van der Waals surface area contributed by atoms with Crippen molar-refractivity contribution in [1.82, 2.24) is 0 Å². The molecule has 0 fully saturated rings. The Kier molecular flexibility index (Phi) is 6.20. The topological polar surface area (TPSA) is 77.8 Å². The Morgan fingerprint density at radius 3 is 2.75 bits per heavy atom. The van der Waals surface area contributed by atoms with Crippen molar-refractivity contribution in [2.24, 2.45) is 0 Å². The van der Waals surface area contributed by atoms with Gasteiger partial charge in [0.25, 0.3) is 5.91 Å². The summed E-state index contributed by atoms with van der Waals surface area (Å²) in [5.41, 5.74) is 0.554. The molecule has 7 heteroatoms. The first-order chi connectivity index (χ1) is 11.5. The van der Waals surface area contributed by atoms with E-state index in [2.05, 4.69) is 21.2 Å². The van der Waals surface area contributed by atoms with Gasteiger partial charge < -0.3 is 19.2 Å². The quantitative estimate of drug-likeness (QED) is 0.598. The molecule has 0 spiro atoms. The number of hydrogen-bond donors (Lipinski definition) is 1. The molecule has 2 rings (SSSR count). The van der Waals surface area contributed by atoms with Crippen molar-refractivity contribution in [3.05, 3.63) is 52.9 Å². The SMILES string of the molecule is COc1cccc(NC(=O)[C@H](C)OC(=O)/C=C/c2ccc(Br)o2)c1. The van der Waals surface area contributed by atoms with Crippen LogP contribution in [0.5, 0.6) is 5.75 Å². The number of rotatable bonds is 6. The van der Waals surface area contributed by atoms with Crippen LogP contribution in [0.1, 0.15) is 12.7 Å². The number of hydrogen-bond acceptors (Lipinski definition) is 5. The van der Waals surface area contributed by atoms with Crippen LogP contribution in [-0.4, -0.2) is 25.1 Å². The largest absolute Gasteiger partial charge is 0.497 e.